The first-order chi connectivity index (χ1) is 11.6. The molecule has 0 amide bonds. The van der Waals surface area contributed by atoms with Crippen LogP contribution in [0.3, 0.4) is 0 Å². The van der Waals surface area contributed by atoms with E-state index in [1.807, 2.05) is 41.8 Å². The summed E-state index contributed by atoms with van der Waals surface area (Å²) in [5.41, 5.74) is 7.33. The van der Waals surface area contributed by atoms with E-state index in [1.54, 1.807) is 11.6 Å². The minimum atomic E-state index is -0.498. The molecule has 0 spiro atoms. The minimum Gasteiger partial charge on any atom is -0.439 e. The lowest BCUT2D eigenvalue weighted by atomic mass is 9.88. The van der Waals surface area contributed by atoms with Gasteiger partial charge in [0.05, 0.1) is 17.0 Å². The topological polar surface area (TPSA) is 81.0 Å². The molecule has 118 valence electrons. The van der Waals surface area contributed by atoms with Crippen LogP contribution >= 0.6 is 11.3 Å². The van der Waals surface area contributed by atoms with Crippen molar-refractivity contribution in [3.63, 3.8) is 0 Å². The van der Waals surface area contributed by atoms with Crippen LogP contribution in [0.5, 0.6) is 5.75 Å². The number of allylic oxidation sites excluding steroid dienone is 1. The van der Waals surface area contributed by atoms with Gasteiger partial charge in [-0.15, -0.1) is 11.3 Å². The number of thiophene rings is 1. The van der Waals surface area contributed by atoms with E-state index in [1.165, 1.54) is 11.3 Å². The van der Waals surface area contributed by atoms with Crippen LogP contribution in [0.25, 0.3) is 10.9 Å². The fourth-order valence-corrected chi connectivity index (χ4v) is 4.01. The van der Waals surface area contributed by atoms with Crippen LogP contribution in [0.2, 0.25) is 0 Å². The van der Waals surface area contributed by atoms with Crippen molar-refractivity contribution in [3.05, 3.63) is 74.0 Å². The van der Waals surface area contributed by atoms with Crippen molar-refractivity contribution < 1.29 is 4.74 Å². The first-order valence-corrected chi connectivity index (χ1v) is 8.24. The molecule has 4 rings (SSSR count). The van der Waals surface area contributed by atoms with Gasteiger partial charge in [-0.05, 0) is 23.6 Å². The summed E-state index contributed by atoms with van der Waals surface area (Å²) < 4.78 is 7.33. The summed E-state index contributed by atoms with van der Waals surface area (Å²) in [6.07, 6.45) is 0. The molecule has 1 aromatic carbocycles. The second kappa shape index (κ2) is 5.25. The van der Waals surface area contributed by atoms with Gasteiger partial charge in [-0.25, -0.2) is 0 Å². The molecule has 2 aromatic heterocycles. The number of rotatable bonds is 1. The zero-order valence-corrected chi connectivity index (χ0v) is 13.6. The number of benzene rings is 1. The lowest BCUT2D eigenvalue weighted by molar-refractivity contribution is 0.396. The molecule has 0 saturated carbocycles. The van der Waals surface area contributed by atoms with Crippen molar-refractivity contribution in [3.8, 4) is 11.8 Å². The van der Waals surface area contributed by atoms with Crippen molar-refractivity contribution in [2.24, 2.45) is 12.8 Å². The number of pyridine rings is 1. The Kier molecular flexibility index (Phi) is 3.18. The number of hydrogen-bond donors (Lipinski definition) is 1. The predicted octanol–water partition coefficient (Wildman–Crippen LogP) is 2.82. The number of fused-ring (bicyclic) bond motifs is 3. The van der Waals surface area contributed by atoms with Crippen molar-refractivity contribution >= 4 is 22.2 Å². The molecule has 1 aliphatic rings. The Morgan fingerprint density at radius 1 is 1.29 bits per heavy atom. The number of aromatic nitrogens is 1. The van der Waals surface area contributed by atoms with Crippen LogP contribution in [0.4, 0.5) is 0 Å². The summed E-state index contributed by atoms with van der Waals surface area (Å²) in [5.74, 6) is 0.00691. The molecule has 5 nitrogen and oxygen atoms in total. The lowest BCUT2D eigenvalue weighted by Crippen LogP contribution is -2.30. The van der Waals surface area contributed by atoms with Gasteiger partial charge in [0.25, 0.3) is 5.56 Å². The molecular weight excluding hydrogens is 322 g/mol. The molecule has 0 saturated heterocycles. The van der Waals surface area contributed by atoms with Crippen LogP contribution in [-0.2, 0) is 7.05 Å². The van der Waals surface area contributed by atoms with E-state index in [-0.39, 0.29) is 17.0 Å². The normalized spacial score (nSPS) is 16.6. The third-order valence-corrected chi connectivity index (χ3v) is 5.23. The van der Waals surface area contributed by atoms with Gasteiger partial charge in [0, 0.05) is 17.3 Å². The maximum Gasteiger partial charge on any atom is 0.258 e. The van der Waals surface area contributed by atoms with E-state index < -0.39 is 5.92 Å². The summed E-state index contributed by atoms with van der Waals surface area (Å²) in [6.45, 7) is 0. The third-order valence-electron chi connectivity index (χ3n) is 4.29. The van der Waals surface area contributed by atoms with Gasteiger partial charge >= 0.3 is 0 Å². The zero-order valence-electron chi connectivity index (χ0n) is 12.8. The molecule has 2 N–H and O–H groups in total. The second-order valence-corrected chi connectivity index (χ2v) is 6.54. The molecular formula is C18H13N3O2S. The number of para-hydroxylation sites is 1. The fourth-order valence-electron chi connectivity index (χ4n) is 3.17. The van der Waals surface area contributed by atoms with E-state index in [0.717, 1.165) is 15.8 Å². The number of hydrogen-bond acceptors (Lipinski definition) is 5. The summed E-state index contributed by atoms with van der Waals surface area (Å²) in [4.78, 5) is 13.9. The van der Waals surface area contributed by atoms with Gasteiger partial charge in [0.2, 0.25) is 5.88 Å². The Morgan fingerprint density at radius 3 is 2.79 bits per heavy atom. The van der Waals surface area contributed by atoms with Gasteiger partial charge in [-0.3, -0.25) is 4.79 Å². The van der Waals surface area contributed by atoms with Gasteiger partial charge in [0.15, 0.2) is 0 Å². The molecule has 6 heteroatoms. The van der Waals surface area contributed by atoms with Crippen LogP contribution < -0.4 is 16.0 Å². The van der Waals surface area contributed by atoms with Gasteiger partial charge < -0.3 is 15.0 Å². The Morgan fingerprint density at radius 2 is 2.08 bits per heavy atom. The first kappa shape index (κ1) is 14.5. The van der Waals surface area contributed by atoms with E-state index in [2.05, 4.69) is 6.07 Å². The smallest absolute Gasteiger partial charge is 0.258 e. The SMILES string of the molecule is Cn1c(=O)c2c(c3ccccc31)OC(N)=C(C#N)C2c1cccs1. The lowest BCUT2D eigenvalue weighted by Gasteiger charge is -2.26. The minimum absolute atomic E-state index is 0.0572. The number of nitrogens with two attached hydrogens (primary N) is 1. The summed E-state index contributed by atoms with van der Waals surface area (Å²) >= 11 is 1.49. The molecule has 1 aliphatic heterocycles. The van der Waals surface area contributed by atoms with E-state index in [4.69, 9.17) is 10.5 Å². The molecule has 0 radical (unpaired) electrons. The van der Waals surface area contributed by atoms with Crippen LogP contribution in [0.1, 0.15) is 16.4 Å². The number of nitrogens with zero attached hydrogens (tertiary/aromatic N) is 2. The highest BCUT2D eigenvalue weighted by atomic mass is 32.1. The zero-order chi connectivity index (χ0) is 16.8. The Balaban J connectivity index is 2.16. The molecule has 1 unspecified atom stereocenters. The van der Waals surface area contributed by atoms with Gasteiger partial charge in [0.1, 0.15) is 17.4 Å². The summed E-state index contributed by atoms with van der Waals surface area (Å²) in [7, 11) is 1.73. The summed E-state index contributed by atoms with van der Waals surface area (Å²) in [5, 5.41) is 12.3. The van der Waals surface area contributed by atoms with Gasteiger partial charge in [-0.2, -0.15) is 5.26 Å². The van der Waals surface area contributed by atoms with E-state index >= 15 is 0 Å². The predicted molar refractivity (Wildman–Crippen MR) is 92.8 cm³/mol. The third kappa shape index (κ3) is 1.88. The quantitative estimate of drug-likeness (QED) is 0.741. The van der Waals surface area contributed by atoms with Crippen molar-refractivity contribution in [1.29, 1.82) is 5.26 Å². The highest BCUT2D eigenvalue weighted by molar-refractivity contribution is 7.10. The first-order valence-electron chi connectivity index (χ1n) is 7.36. The van der Waals surface area contributed by atoms with Crippen LogP contribution in [-0.4, -0.2) is 4.57 Å². The van der Waals surface area contributed by atoms with Gasteiger partial charge in [-0.1, -0.05) is 18.2 Å². The monoisotopic (exact) mass is 335 g/mol. The van der Waals surface area contributed by atoms with Crippen LogP contribution in [0, 0.1) is 11.3 Å². The maximum atomic E-state index is 13.0. The Labute approximate surface area is 141 Å². The molecule has 3 aromatic rings. The highest BCUT2D eigenvalue weighted by Gasteiger charge is 2.35. The largest absolute Gasteiger partial charge is 0.439 e. The summed E-state index contributed by atoms with van der Waals surface area (Å²) in [6, 6.07) is 13.4. The molecule has 0 bridgehead atoms. The highest BCUT2D eigenvalue weighted by Crippen LogP contribution is 2.44. The number of aryl methyl sites for hydroxylation is 1. The maximum absolute atomic E-state index is 13.0. The Hall–Kier alpha value is -3.04. The molecule has 3 heterocycles. The molecule has 1 atom stereocenters. The van der Waals surface area contributed by atoms with Crippen molar-refractivity contribution in [2.75, 3.05) is 0 Å². The molecule has 0 fully saturated rings. The van der Waals surface area contributed by atoms with E-state index in [0.29, 0.717) is 11.3 Å². The van der Waals surface area contributed by atoms with Crippen molar-refractivity contribution in [2.45, 2.75) is 5.92 Å². The number of ether oxygens (including phenoxy) is 1. The average Bonchev–Trinajstić information content (AvgIpc) is 3.13. The average molecular weight is 335 g/mol. The number of nitriles is 1. The second-order valence-electron chi connectivity index (χ2n) is 5.56. The van der Waals surface area contributed by atoms with E-state index in [9.17, 15) is 10.1 Å². The van der Waals surface area contributed by atoms with Crippen LogP contribution in [0.15, 0.2) is 58.0 Å². The molecule has 24 heavy (non-hydrogen) atoms. The fraction of sp³-hybridized carbons (Fsp3) is 0.111. The molecule has 0 aliphatic carbocycles. The standard InChI is InChI=1S/C18H13N3O2S/c1-21-12-6-3-2-5-10(12)16-15(18(21)22)14(13-7-4-8-24-13)11(9-19)17(20)23-16/h2-8,14H,20H2,1H3. The van der Waals surface area contributed by atoms with Crippen molar-refractivity contribution in [1.82, 2.24) is 4.57 Å². The Bertz CT molecular complexity index is 1090.